The van der Waals surface area contributed by atoms with E-state index in [1.165, 1.54) is 0 Å². The summed E-state index contributed by atoms with van der Waals surface area (Å²) in [4.78, 5) is 13.4. The Morgan fingerprint density at radius 3 is 2.22 bits per heavy atom. The molecule has 0 heterocycles. The third-order valence-electron chi connectivity index (χ3n) is 6.84. The molecule has 3 aromatic carbocycles. The molecule has 0 fully saturated rings. The maximum atomic E-state index is 13.4. The van der Waals surface area contributed by atoms with Gasteiger partial charge in [-0.15, -0.1) is 0 Å². The van der Waals surface area contributed by atoms with Gasteiger partial charge < -0.3 is 34.3 Å². The Morgan fingerprint density at radius 1 is 0.838 bits per heavy atom. The lowest BCUT2D eigenvalue weighted by molar-refractivity contribution is 0.324. The number of rotatable bonds is 9. The number of aryl methyl sites for hydroxylation is 1. The van der Waals surface area contributed by atoms with Crippen molar-refractivity contribution in [2.45, 2.75) is 25.4 Å². The molecule has 1 aliphatic rings. The minimum absolute atomic E-state index is 0.0180. The standard InChI is InChI=1S/C29H34N2O6/c1-30-21-12-10-17-14-25(34-3)28(36-5)29(37-6)26(17)19-11-13-22(23(32)15-20(19)21)31-16-18-8-7-9-24(33-2)27(18)35-4/h7-9,11,13-15,21,30H,10,12,16H2,1-6H3,(H,31,32)/t21-/m1/s1. The normalized spacial score (nSPS) is 14.1. The van der Waals surface area contributed by atoms with Gasteiger partial charge in [0, 0.05) is 23.7 Å². The minimum atomic E-state index is -0.105. The lowest BCUT2D eigenvalue weighted by atomic mass is 9.95. The van der Waals surface area contributed by atoms with Crippen molar-refractivity contribution in [3.63, 3.8) is 0 Å². The van der Waals surface area contributed by atoms with Gasteiger partial charge in [0.25, 0.3) is 0 Å². The van der Waals surface area contributed by atoms with Crippen LogP contribution in [0.2, 0.25) is 0 Å². The molecule has 0 aromatic heterocycles. The predicted molar refractivity (Wildman–Crippen MR) is 145 cm³/mol. The molecule has 2 N–H and O–H groups in total. The Morgan fingerprint density at radius 2 is 1.57 bits per heavy atom. The maximum Gasteiger partial charge on any atom is 0.203 e. The molecule has 0 radical (unpaired) electrons. The van der Waals surface area contributed by atoms with E-state index in [2.05, 4.69) is 10.6 Å². The van der Waals surface area contributed by atoms with E-state index in [0.717, 1.165) is 40.7 Å². The largest absolute Gasteiger partial charge is 0.493 e. The van der Waals surface area contributed by atoms with Crippen LogP contribution < -0.4 is 39.7 Å². The summed E-state index contributed by atoms with van der Waals surface area (Å²) in [5.74, 6) is 3.00. The van der Waals surface area contributed by atoms with Crippen LogP contribution in [-0.4, -0.2) is 42.6 Å². The fraction of sp³-hybridized carbons (Fsp3) is 0.345. The van der Waals surface area contributed by atoms with Gasteiger partial charge in [-0.25, -0.2) is 0 Å². The van der Waals surface area contributed by atoms with E-state index in [1.54, 1.807) is 41.6 Å². The molecule has 0 saturated carbocycles. The van der Waals surface area contributed by atoms with Crippen molar-refractivity contribution in [1.82, 2.24) is 5.32 Å². The fourth-order valence-corrected chi connectivity index (χ4v) is 5.04. The summed E-state index contributed by atoms with van der Waals surface area (Å²) in [7, 11) is 9.94. The second-order valence-electron chi connectivity index (χ2n) is 8.69. The summed E-state index contributed by atoms with van der Waals surface area (Å²) in [5.41, 5.74) is 5.05. The van der Waals surface area contributed by atoms with Gasteiger partial charge in [0.15, 0.2) is 23.0 Å². The topological polar surface area (TPSA) is 87.3 Å². The number of hydrogen-bond acceptors (Lipinski definition) is 8. The van der Waals surface area contributed by atoms with Crippen molar-refractivity contribution in [3.05, 3.63) is 69.4 Å². The van der Waals surface area contributed by atoms with Crippen LogP contribution in [0.5, 0.6) is 28.7 Å². The monoisotopic (exact) mass is 506 g/mol. The molecule has 0 spiro atoms. The zero-order valence-corrected chi connectivity index (χ0v) is 22.2. The van der Waals surface area contributed by atoms with Gasteiger partial charge in [0.05, 0.1) is 41.2 Å². The zero-order valence-electron chi connectivity index (χ0n) is 22.2. The van der Waals surface area contributed by atoms with E-state index in [9.17, 15) is 4.79 Å². The SMILES string of the molecule is CN[C@@H]1CCc2cc(OC)c(OC)c(OC)c2-c2ccc(NCc3cccc(OC)c3OC)c(=O)cc21. The van der Waals surface area contributed by atoms with Crippen molar-refractivity contribution in [1.29, 1.82) is 0 Å². The van der Waals surface area contributed by atoms with Crippen molar-refractivity contribution in [2.24, 2.45) is 0 Å². The van der Waals surface area contributed by atoms with Crippen molar-refractivity contribution in [2.75, 3.05) is 47.9 Å². The van der Waals surface area contributed by atoms with Gasteiger partial charge in [-0.3, -0.25) is 4.79 Å². The average molecular weight is 507 g/mol. The Labute approximate surface area is 217 Å². The molecule has 4 rings (SSSR count). The van der Waals surface area contributed by atoms with Gasteiger partial charge in [-0.05, 0) is 60.8 Å². The molecule has 0 bridgehead atoms. The molecule has 196 valence electrons. The summed E-state index contributed by atoms with van der Waals surface area (Å²) >= 11 is 0. The van der Waals surface area contributed by atoms with Crippen molar-refractivity contribution < 1.29 is 23.7 Å². The molecule has 8 heteroatoms. The molecule has 1 atom stereocenters. The zero-order chi connectivity index (χ0) is 26.5. The second kappa shape index (κ2) is 11.4. The number of fused-ring (bicyclic) bond motifs is 3. The van der Waals surface area contributed by atoms with E-state index < -0.39 is 0 Å². The molecule has 1 aliphatic carbocycles. The van der Waals surface area contributed by atoms with Crippen LogP contribution in [0.15, 0.2) is 47.3 Å². The summed E-state index contributed by atoms with van der Waals surface area (Å²) in [5, 5.41) is 6.68. The number of hydrogen-bond donors (Lipinski definition) is 2. The number of methoxy groups -OCH3 is 5. The highest BCUT2D eigenvalue weighted by atomic mass is 16.5. The smallest absolute Gasteiger partial charge is 0.203 e. The average Bonchev–Trinajstić information content (AvgIpc) is 3.17. The van der Waals surface area contributed by atoms with E-state index in [1.807, 2.05) is 43.4 Å². The van der Waals surface area contributed by atoms with Crippen molar-refractivity contribution in [3.8, 4) is 39.9 Å². The highest BCUT2D eigenvalue weighted by Gasteiger charge is 2.28. The summed E-state index contributed by atoms with van der Waals surface area (Å²) < 4.78 is 28.1. The fourth-order valence-electron chi connectivity index (χ4n) is 5.04. The maximum absolute atomic E-state index is 13.4. The number of anilines is 1. The van der Waals surface area contributed by atoms with E-state index >= 15 is 0 Å². The summed E-state index contributed by atoms with van der Waals surface area (Å²) in [6, 6.07) is 13.2. The highest BCUT2D eigenvalue weighted by Crippen LogP contribution is 2.50. The Balaban J connectivity index is 1.85. The minimum Gasteiger partial charge on any atom is -0.493 e. The third kappa shape index (κ3) is 4.89. The molecule has 3 aromatic rings. The third-order valence-corrected chi connectivity index (χ3v) is 6.84. The van der Waals surface area contributed by atoms with Crippen LogP contribution in [0.25, 0.3) is 11.1 Å². The Hall–Kier alpha value is -3.91. The number of para-hydroxylation sites is 1. The number of ether oxygens (including phenoxy) is 5. The number of nitrogens with one attached hydrogen (secondary N) is 2. The highest BCUT2D eigenvalue weighted by molar-refractivity contribution is 5.83. The van der Waals surface area contributed by atoms with Crippen LogP contribution in [0.3, 0.4) is 0 Å². The summed E-state index contributed by atoms with van der Waals surface area (Å²) in [6.45, 7) is 0.394. The first-order valence-electron chi connectivity index (χ1n) is 12.1. The lowest BCUT2D eigenvalue weighted by Gasteiger charge is -2.19. The van der Waals surface area contributed by atoms with Crippen LogP contribution in [0, 0.1) is 0 Å². The molecule has 37 heavy (non-hydrogen) atoms. The molecule has 0 aliphatic heterocycles. The Kier molecular flexibility index (Phi) is 8.08. The Bertz CT molecular complexity index is 1340. The van der Waals surface area contributed by atoms with Gasteiger partial charge in [0.1, 0.15) is 0 Å². The van der Waals surface area contributed by atoms with Gasteiger partial charge >= 0.3 is 0 Å². The van der Waals surface area contributed by atoms with Crippen LogP contribution >= 0.6 is 0 Å². The molecular formula is C29H34N2O6. The predicted octanol–water partition coefficient (Wildman–Crippen LogP) is 4.58. The van der Waals surface area contributed by atoms with E-state index in [4.69, 9.17) is 23.7 Å². The first-order valence-corrected chi connectivity index (χ1v) is 12.1. The molecular weight excluding hydrogens is 472 g/mol. The number of benzene rings is 2. The van der Waals surface area contributed by atoms with Crippen LogP contribution in [0.1, 0.15) is 29.2 Å². The second-order valence-corrected chi connectivity index (χ2v) is 8.69. The first kappa shape index (κ1) is 26.2. The van der Waals surface area contributed by atoms with Crippen LogP contribution in [-0.2, 0) is 13.0 Å². The molecule has 0 saturated heterocycles. The molecule has 0 unspecified atom stereocenters. The van der Waals surface area contributed by atoms with E-state index in [0.29, 0.717) is 41.0 Å². The van der Waals surface area contributed by atoms with Gasteiger partial charge in [0.2, 0.25) is 11.2 Å². The van der Waals surface area contributed by atoms with E-state index in [-0.39, 0.29) is 11.5 Å². The summed E-state index contributed by atoms with van der Waals surface area (Å²) in [6.07, 6.45) is 1.59. The lowest BCUT2D eigenvalue weighted by Crippen LogP contribution is -2.18. The molecule has 8 nitrogen and oxygen atoms in total. The van der Waals surface area contributed by atoms with Crippen LogP contribution in [0.4, 0.5) is 5.69 Å². The quantitative estimate of drug-likeness (QED) is 0.436. The van der Waals surface area contributed by atoms with Crippen molar-refractivity contribution >= 4 is 5.69 Å². The first-order chi connectivity index (χ1) is 18.0. The van der Waals surface area contributed by atoms with Gasteiger partial charge in [-0.2, -0.15) is 0 Å². The van der Waals surface area contributed by atoms with Gasteiger partial charge in [-0.1, -0.05) is 18.2 Å². The molecule has 0 amide bonds.